The van der Waals surface area contributed by atoms with Crippen molar-refractivity contribution in [2.24, 2.45) is 0 Å². The van der Waals surface area contributed by atoms with Crippen molar-refractivity contribution in [1.29, 1.82) is 0 Å². The summed E-state index contributed by atoms with van der Waals surface area (Å²) in [4.78, 5) is 5.27. The minimum atomic E-state index is -4.55. The molecule has 1 fully saturated rings. The normalized spacial score (nSPS) is 19.3. The molecule has 1 aliphatic rings. The first-order valence-electron chi connectivity index (χ1n) is 7.56. The van der Waals surface area contributed by atoms with Crippen molar-refractivity contribution in [2.45, 2.75) is 31.2 Å². The predicted octanol–water partition coefficient (Wildman–Crippen LogP) is 4.16. The van der Waals surface area contributed by atoms with Gasteiger partial charge >= 0.3 is 12.4 Å². The van der Waals surface area contributed by atoms with Gasteiger partial charge in [-0.2, -0.15) is 31.4 Å². The van der Waals surface area contributed by atoms with Crippen molar-refractivity contribution in [2.75, 3.05) is 18.0 Å². The lowest BCUT2D eigenvalue weighted by molar-refractivity contribution is -0.142. The maximum absolute atomic E-state index is 12.8. The van der Waals surface area contributed by atoms with E-state index in [1.165, 1.54) is 23.0 Å². The number of hydrogen-bond acceptors (Lipinski definition) is 3. The van der Waals surface area contributed by atoms with Crippen molar-refractivity contribution in [3.05, 3.63) is 41.9 Å². The van der Waals surface area contributed by atoms with Crippen LogP contribution in [-0.2, 0) is 12.4 Å². The SMILES string of the molecule is FC(F)(F)c1cccc(N2CCCC(n3ccc(C(F)(F)F)n3)C2)n1. The molecule has 2 aromatic heterocycles. The number of halogens is 6. The molecule has 3 rings (SSSR count). The summed E-state index contributed by atoms with van der Waals surface area (Å²) in [5.74, 6) is 0.155. The first-order chi connectivity index (χ1) is 11.6. The zero-order chi connectivity index (χ0) is 18.2. The Morgan fingerprint density at radius 3 is 2.32 bits per heavy atom. The van der Waals surface area contributed by atoms with Crippen LogP contribution >= 0.6 is 0 Å². The molecule has 1 unspecified atom stereocenters. The molecule has 0 aliphatic carbocycles. The first-order valence-corrected chi connectivity index (χ1v) is 7.56. The first kappa shape index (κ1) is 17.6. The van der Waals surface area contributed by atoms with Gasteiger partial charge in [0, 0.05) is 19.3 Å². The highest BCUT2D eigenvalue weighted by molar-refractivity contribution is 5.40. The summed E-state index contributed by atoms with van der Waals surface area (Å²) >= 11 is 0. The van der Waals surface area contributed by atoms with Gasteiger partial charge in [0.2, 0.25) is 0 Å². The Balaban J connectivity index is 1.79. The monoisotopic (exact) mass is 364 g/mol. The van der Waals surface area contributed by atoms with Gasteiger partial charge in [-0.25, -0.2) is 4.98 Å². The van der Waals surface area contributed by atoms with E-state index in [2.05, 4.69) is 10.1 Å². The van der Waals surface area contributed by atoms with Crippen molar-refractivity contribution in [3.8, 4) is 0 Å². The van der Waals surface area contributed by atoms with Gasteiger partial charge in [0.05, 0.1) is 6.04 Å². The summed E-state index contributed by atoms with van der Waals surface area (Å²) in [6, 6.07) is 4.14. The Kier molecular flexibility index (Phi) is 4.38. The Labute approximate surface area is 139 Å². The highest BCUT2D eigenvalue weighted by Gasteiger charge is 2.35. The average Bonchev–Trinajstić information content (AvgIpc) is 3.05. The number of piperidine rings is 1. The van der Waals surface area contributed by atoms with Crippen LogP contribution < -0.4 is 4.90 Å². The van der Waals surface area contributed by atoms with Crippen LogP contribution in [0.3, 0.4) is 0 Å². The quantitative estimate of drug-likeness (QED) is 0.751. The van der Waals surface area contributed by atoms with Crippen LogP contribution in [-0.4, -0.2) is 27.9 Å². The Morgan fingerprint density at radius 1 is 0.960 bits per heavy atom. The van der Waals surface area contributed by atoms with Crippen LogP contribution in [0.1, 0.15) is 30.3 Å². The Morgan fingerprint density at radius 2 is 1.68 bits per heavy atom. The molecule has 2 aromatic rings. The summed E-state index contributed by atoms with van der Waals surface area (Å²) in [6.45, 7) is 0.728. The molecule has 3 heterocycles. The third-order valence-electron chi connectivity index (χ3n) is 4.02. The number of aromatic nitrogens is 3. The van der Waals surface area contributed by atoms with Crippen LogP contribution in [0.5, 0.6) is 0 Å². The molecular weight excluding hydrogens is 350 g/mol. The number of alkyl halides is 6. The van der Waals surface area contributed by atoms with Gasteiger partial charge in [0.15, 0.2) is 5.69 Å². The predicted molar refractivity (Wildman–Crippen MR) is 77.0 cm³/mol. The third kappa shape index (κ3) is 3.88. The Hall–Kier alpha value is -2.26. The maximum atomic E-state index is 12.8. The zero-order valence-corrected chi connectivity index (χ0v) is 12.8. The molecule has 1 aliphatic heterocycles. The highest BCUT2D eigenvalue weighted by Crippen LogP contribution is 2.32. The molecule has 10 heteroatoms. The van der Waals surface area contributed by atoms with Crippen LogP contribution in [0.4, 0.5) is 32.2 Å². The van der Waals surface area contributed by atoms with E-state index in [1.807, 2.05) is 0 Å². The lowest BCUT2D eigenvalue weighted by atomic mass is 10.1. The molecule has 1 atom stereocenters. The molecule has 0 amide bonds. The summed E-state index contributed by atoms with van der Waals surface area (Å²) < 4.78 is 77.6. The van der Waals surface area contributed by atoms with E-state index in [-0.39, 0.29) is 18.4 Å². The van der Waals surface area contributed by atoms with E-state index in [0.717, 1.165) is 12.1 Å². The van der Waals surface area contributed by atoms with Gasteiger partial charge in [-0.05, 0) is 31.0 Å². The lowest BCUT2D eigenvalue weighted by Gasteiger charge is -2.33. The molecule has 0 spiro atoms. The summed E-state index contributed by atoms with van der Waals surface area (Å²) in [7, 11) is 0. The van der Waals surface area contributed by atoms with Crippen molar-refractivity contribution in [1.82, 2.24) is 14.8 Å². The second-order valence-corrected chi connectivity index (χ2v) is 5.80. The molecule has 0 bridgehead atoms. The molecule has 0 saturated carbocycles. The second kappa shape index (κ2) is 6.23. The van der Waals surface area contributed by atoms with Gasteiger partial charge in [-0.15, -0.1) is 0 Å². The number of nitrogens with zero attached hydrogens (tertiary/aromatic N) is 4. The van der Waals surface area contributed by atoms with Crippen LogP contribution in [0.2, 0.25) is 0 Å². The van der Waals surface area contributed by atoms with E-state index in [4.69, 9.17) is 0 Å². The van der Waals surface area contributed by atoms with Gasteiger partial charge in [-0.1, -0.05) is 6.07 Å². The van der Waals surface area contributed by atoms with E-state index in [1.54, 1.807) is 4.90 Å². The van der Waals surface area contributed by atoms with Crippen molar-refractivity contribution >= 4 is 5.82 Å². The summed E-state index contributed by atoms with van der Waals surface area (Å²) in [5.41, 5.74) is -1.98. The van der Waals surface area contributed by atoms with E-state index >= 15 is 0 Å². The number of hydrogen-bond donors (Lipinski definition) is 0. The molecule has 1 saturated heterocycles. The molecule has 25 heavy (non-hydrogen) atoms. The number of anilines is 1. The maximum Gasteiger partial charge on any atom is 0.435 e. The Bertz CT molecular complexity index is 736. The van der Waals surface area contributed by atoms with Crippen LogP contribution in [0.15, 0.2) is 30.5 Å². The van der Waals surface area contributed by atoms with E-state index < -0.39 is 23.7 Å². The molecule has 0 N–H and O–H groups in total. The van der Waals surface area contributed by atoms with Crippen molar-refractivity contribution < 1.29 is 26.3 Å². The fraction of sp³-hybridized carbons (Fsp3) is 0.467. The van der Waals surface area contributed by atoms with E-state index in [0.29, 0.717) is 19.4 Å². The largest absolute Gasteiger partial charge is 0.435 e. The molecule has 0 aromatic carbocycles. The molecule has 136 valence electrons. The number of pyridine rings is 1. The number of rotatable bonds is 2. The average molecular weight is 364 g/mol. The van der Waals surface area contributed by atoms with Gasteiger partial charge in [0.1, 0.15) is 11.5 Å². The fourth-order valence-electron chi connectivity index (χ4n) is 2.83. The van der Waals surface area contributed by atoms with Crippen molar-refractivity contribution in [3.63, 3.8) is 0 Å². The van der Waals surface area contributed by atoms with Gasteiger partial charge in [-0.3, -0.25) is 4.68 Å². The van der Waals surface area contributed by atoms with Gasteiger partial charge < -0.3 is 4.90 Å². The second-order valence-electron chi connectivity index (χ2n) is 5.80. The topological polar surface area (TPSA) is 34.0 Å². The van der Waals surface area contributed by atoms with Crippen LogP contribution in [0.25, 0.3) is 0 Å². The lowest BCUT2D eigenvalue weighted by Crippen LogP contribution is -2.37. The molecule has 0 radical (unpaired) electrons. The molecule has 4 nitrogen and oxygen atoms in total. The standard InChI is InChI=1S/C15H14F6N4/c16-14(17,18)11-4-1-5-13(22-11)24-7-2-3-10(9-24)25-8-6-12(23-25)15(19,20)21/h1,4-6,8,10H,2-3,7,9H2. The van der Waals surface area contributed by atoms with E-state index in [9.17, 15) is 26.3 Å². The summed E-state index contributed by atoms with van der Waals surface area (Å²) in [5, 5.41) is 3.55. The fourth-order valence-corrected chi connectivity index (χ4v) is 2.83. The summed E-state index contributed by atoms with van der Waals surface area (Å²) in [6.07, 6.45) is -6.62. The smallest absolute Gasteiger partial charge is 0.354 e. The highest BCUT2D eigenvalue weighted by atomic mass is 19.4. The zero-order valence-electron chi connectivity index (χ0n) is 12.8. The minimum Gasteiger partial charge on any atom is -0.354 e. The van der Waals surface area contributed by atoms with Crippen LogP contribution in [0, 0.1) is 0 Å². The van der Waals surface area contributed by atoms with Gasteiger partial charge in [0.25, 0.3) is 0 Å². The minimum absolute atomic E-state index is 0.155. The third-order valence-corrected chi connectivity index (χ3v) is 4.02. The molecular formula is C15H14F6N4.